The summed E-state index contributed by atoms with van der Waals surface area (Å²) in [5, 5.41) is 74.8. The first-order chi connectivity index (χ1) is 8.81. The molecule has 0 saturated carbocycles. The van der Waals surface area contributed by atoms with Crippen LogP contribution in [0.3, 0.4) is 0 Å². The van der Waals surface area contributed by atoms with E-state index in [0.717, 1.165) is 0 Å². The third-order valence-corrected chi connectivity index (χ3v) is 3.16. The molecule has 0 amide bonds. The molecule has 1 fully saturated rings. The molecule has 1 aliphatic heterocycles. The number of rotatable bonds is 5. The van der Waals surface area contributed by atoms with Gasteiger partial charge in [-0.25, -0.2) is 0 Å². The third kappa shape index (κ3) is 3.60. The van der Waals surface area contributed by atoms with E-state index >= 15 is 0 Å². The van der Waals surface area contributed by atoms with Crippen LogP contribution in [-0.4, -0.2) is 103 Å². The van der Waals surface area contributed by atoms with Crippen LogP contribution in [0.1, 0.15) is 0 Å². The second-order valence-electron chi connectivity index (χ2n) is 4.57. The fourth-order valence-corrected chi connectivity index (χ4v) is 1.86. The van der Waals surface area contributed by atoms with E-state index in [1.807, 2.05) is 0 Å². The standard InChI is InChI=1S/C10H20O9/c11-1-3(12)5(14)7(16)9(18)10-8(17)6(15)4(13)2-19-10/h3-18H,1-2H2. The highest BCUT2D eigenvalue weighted by molar-refractivity contribution is 4.94. The number of hydrogen-bond donors (Lipinski definition) is 8. The molecule has 1 aliphatic rings. The first-order valence-corrected chi connectivity index (χ1v) is 5.80. The highest BCUT2D eigenvalue weighted by atomic mass is 16.5. The molecule has 19 heavy (non-hydrogen) atoms. The molecule has 8 unspecified atom stereocenters. The Labute approximate surface area is 108 Å². The second-order valence-corrected chi connectivity index (χ2v) is 4.57. The summed E-state index contributed by atoms with van der Waals surface area (Å²) in [6, 6.07) is 0. The molecule has 8 atom stereocenters. The maximum Gasteiger partial charge on any atom is 0.115 e. The lowest BCUT2D eigenvalue weighted by Gasteiger charge is -2.39. The molecule has 0 radical (unpaired) electrons. The van der Waals surface area contributed by atoms with E-state index in [9.17, 15) is 30.6 Å². The summed E-state index contributed by atoms with van der Waals surface area (Å²) in [6.45, 7) is -1.20. The van der Waals surface area contributed by atoms with Crippen LogP contribution < -0.4 is 0 Å². The van der Waals surface area contributed by atoms with Crippen LogP contribution in [0.5, 0.6) is 0 Å². The summed E-state index contributed by atoms with van der Waals surface area (Å²) in [4.78, 5) is 0. The smallest absolute Gasteiger partial charge is 0.115 e. The van der Waals surface area contributed by atoms with Crippen LogP contribution in [0.25, 0.3) is 0 Å². The fraction of sp³-hybridized carbons (Fsp3) is 1.00. The van der Waals surface area contributed by atoms with Gasteiger partial charge < -0.3 is 45.6 Å². The van der Waals surface area contributed by atoms with Gasteiger partial charge in [0.25, 0.3) is 0 Å². The second kappa shape index (κ2) is 6.88. The fourth-order valence-electron chi connectivity index (χ4n) is 1.86. The molecule has 9 heteroatoms. The maximum atomic E-state index is 9.75. The van der Waals surface area contributed by atoms with Crippen molar-refractivity contribution in [1.29, 1.82) is 0 Å². The van der Waals surface area contributed by atoms with E-state index in [2.05, 4.69) is 0 Å². The van der Waals surface area contributed by atoms with E-state index < -0.39 is 55.4 Å². The summed E-state index contributed by atoms with van der Waals surface area (Å²) >= 11 is 0. The van der Waals surface area contributed by atoms with E-state index in [4.69, 9.17) is 14.9 Å². The topological polar surface area (TPSA) is 171 Å². The molecule has 9 nitrogen and oxygen atoms in total. The lowest BCUT2D eigenvalue weighted by Crippen LogP contribution is -2.61. The molecule has 0 spiro atoms. The Bertz CT molecular complexity index is 276. The third-order valence-electron chi connectivity index (χ3n) is 3.16. The number of ether oxygens (including phenoxy) is 1. The van der Waals surface area contributed by atoms with Gasteiger partial charge >= 0.3 is 0 Å². The van der Waals surface area contributed by atoms with Gasteiger partial charge in [0.15, 0.2) is 0 Å². The number of hydrogen-bond acceptors (Lipinski definition) is 9. The quantitative estimate of drug-likeness (QED) is 0.246. The summed E-state index contributed by atoms with van der Waals surface area (Å²) in [7, 11) is 0. The van der Waals surface area contributed by atoms with Crippen LogP contribution in [-0.2, 0) is 4.74 Å². The van der Waals surface area contributed by atoms with Crippen molar-refractivity contribution in [1.82, 2.24) is 0 Å². The first kappa shape index (κ1) is 16.7. The van der Waals surface area contributed by atoms with Crippen molar-refractivity contribution in [3.05, 3.63) is 0 Å². The molecular formula is C10H20O9. The summed E-state index contributed by atoms with van der Waals surface area (Å²) < 4.78 is 4.89. The van der Waals surface area contributed by atoms with Crippen LogP contribution in [0.15, 0.2) is 0 Å². The predicted molar refractivity (Wildman–Crippen MR) is 58.9 cm³/mol. The molecule has 1 rings (SSSR count). The molecule has 8 N–H and O–H groups in total. The van der Waals surface area contributed by atoms with Crippen molar-refractivity contribution in [3.8, 4) is 0 Å². The molecule has 114 valence electrons. The van der Waals surface area contributed by atoms with Gasteiger partial charge in [0.2, 0.25) is 0 Å². The van der Waals surface area contributed by atoms with Gasteiger partial charge in [0, 0.05) is 0 Å². The minimum atomic E-state index is -1.91. The Morgan fingerprint density at radius 1 is 0.947 bits per heavy atom. The highest BCUT2D eigenvalue weighted by Crippen LogP contribution is 2.21. The Morgan fingerprint density at radius 3 is 2.05 bits per heavy atom. The molecule has 0 aliphatic carbocycles. The molecular weight excluding hydrogens is 264 g/mol. The predicted octanol–water partition coefficient (Wildman–Crippen LogP) is -5.10. The van der Waals surface area contributed by atoms with Crippen molar-refractivity contribution in [3.63, 3.8) is 0 Å². The maximum absolute atomic E-state index is 9.75. The van der Waals surface area contributed by atoms with Gasteiger partial charge in [-0.1, -0.05) is 0 Å². The van der Waals surface area contributed by atoms with E-state index in [1.165, 1.54) is 0 Å². The summed E-state index contributed by atoms with van der Waals surface area (Å²) in [5.74, 6) is 0. The average molecular weight is 284 g/mol. The van der Waals surface area contributed by atoms with Crippen LogP contribution in [0.4, 0.5) is 0 Å². The highest BCUT2D eigenvalue weighted by Gasteiger charge is 2.45. The van der Waals surface area contributed by atoms with Gasteiger partial charge in [0.05, 0.1) is 13.2 Å². The van der Waals surface area contributed by atoms with Crippen molar-refractivity contribution < 1.29 is 45.6 Å². The van der Waals surface area contributed by atoms with Gasteiger partial charge in [-0.15, -0.1) is 0 Å². The largest absolute Gasteiger partial charge is 0.394 e. The van der Waals surface area contributed by atoms with Gasteiger partial charge in [0.1, 0.15) is 48.8 Å². The minimum absolute atomic E-state index is 0.370. The van der Waals surface area contributed by atoms with E-state index in [1.54, 1.807) is 0 Å². The summed E-state index contributed by atoms with van der Waals surface area (Å²) in [6.07, 6.45) is -13.3. The zero-order valence-electron chi connectivity index (χ0n) is 10.0. The summed E-state index contributed by atoms with van der Waals surface area (Å²) in [5.41, 5.74) is 0. The van der Waals surface area contributed by atoms with Crippen LogP contribution >= 0.6 is 0 Å². The van der Waals surface area contributed by atoms with Crippen molar-refractivity contribution in [2.45, 2.75) is 48.8 Å². The lowest BCUT2D eigenvalue weighted by atomic mass is 9.91. The molecule has 1 heterocycles. The average Bonchev–Trinajstić information content (AvgIpc) is 2.41. The Balaban J connectivity index is 2.68. The van der Waals surface area contributed by atoms with Gasteiger partial charge in [-0.3, -0.25) is 0 Å². The van der Waals surface area contributed by atoms with Crippen molar-refractivity contribution in [2.24, 2.45) is 0 Å². The SMILES string of the molecule is OCC(O)C(O)C(O)C(O)C1OCC(O)C(O)C1O. The van der Waals surface area contributed by atoms with Crippen molar-refractivity contribution >= 4 is 0 Å². The van der Waals surface area contributed by atoms with Crippen LogP contribution in [0.2, 0.25) is 0 Å². The molecule has 0 aromatic rings. The number of aliphatic hydroxyl groups excluding tert-OH is 8. The zero-order valence-corrected chi connectivity index (χ0v) is 10.0. The van der Waals surface area contributed by atoms with Gasteiger partial charge in [-0.05, 0) is 0 Å². The first-order valence-electron chi connectivity index (χ1n) is 5.80. The zero-order chi connectivity index (χ0) is 14.7. The van der Waals surface area contributed by atoms with E-state index in [-0.39, 0.29) is 6.61 Å². The molecule has 0 aromatic heterocycles. The number of aliphatic hydroxyl groups is 8. The molecule has 0 aromatic carbocycles. The van der Waals surface area contributed by atoms with E-state index in [0.29, 0.717) is 0 Å². The molecule has 0 bridgehead atoms. The Morgan fingerprint density at radius 2 is 1.53 bits per heavy atom. The van der Waals surface area contributed by atoms with Crippen molar-refractivity contribution in [2.75, 3.05) is 13.2 Å². The van der Waals surface area contributed by atoms with Crippen LogP contribution in [0, 0.1) is 0 Å². The molecule has 1 saturated heterocycles. The minimum Gasteiger partial charge on any atom is -0.394 e. The lowest BCUT2D eigenvalue weighted by molar-refractivity contribution is -0.232. The van der Waals surface area contributed by atoms with Gasteiger partial charge in [-0.2, -0.15) is 0 Å². The monoisotopic (exact) mass is 284 g/mol. The Hall–Kier alpha value is -0.360. The Kier molecular flexibility index (Phi) is 6.05. The normalized spacial score (nSPS) is 38.5.